The molecule has 0 aliphatic rings. The van der Waals surface area contributed by atoms with Crippen molar-refractivity contribution in [3.8, 4) is 0 Å². The molecule has 0 fully saturated rings. The molecule has 114 valence electrons. The number of halogens is 1. The fourth-order valence-electron chi connectivity index (χ4n) is 1.49. The average Bonchev–Trinajstić information content (AvgIpc) is 2.20. The summed E-state index contributed by atoms with van der Waals surface area (Å²) in [6, 6.07) is 0. The van der Waals surface area contributed by atoms with Crippen molar-refractivity contribution in [1.82, 2.24) is 0 Å². The van der Waals surface area contributed by atoms with Crippen LogP contribution in [0.5, 0.6) is 0 Å². The Hall–Kier alpha value is 2.66. The minimum atomic E-state index is -1.40. The molecule has 0 rings (SSSR count). The predicted molar refractivity (Wildman–Crippen MR) is 98.2 cm³/mol. The topological polar surface area (TPSA) is 0 Å². The van der Waals surface area contributed by atoms with Crippen molar-refractivity contribution >= 4 is 41.3 Å². The first kappa shape index (κ1) is 20.7. The van der Waals surface area contributed by atoms with Crippen LogP contribution in [0.2, 0.25) is 0 Å². The second-order valence-corrected chi connectivity index (χ2v) is 25.4. The van der Waals surface area contributed by atoms with Crippen LogP contribution in [0.15, 0.2) is 0 Å². The molecular formula is C12H30ClIrP4. The van der Waals surface area contributed by atoms with Gasteiger partial charge in [0.05, 0.1) is 0 Å². The van der Waals surface area contributed by atoms with Crippen molar-refractivity contribution in [2.45, 2.75) is 8.35 Å². The fraction of sp³-hybridized carbons (Fsp3) is 1.00. The average molecular weight is 526 g/mol. The summed E-state index contributed by atoms with van der Waals surface area (Å²) in [5.41, 5.74) is 0. The summed E-state index contributed by atoms with van der Waals surface area (Å²) < 4.78 is 1.88. The maximum atomic E-state index is 7.11. The van der Waals surface area contributed by atoms with E-state index in [9.17, 15) is 0 Å². The maximum absolute atomic E-state index is 7.11. The van der Waals surface area contributed by atoms with Crippen LogP contribution in [-0.2, 0) is 15.5 Å². The molecular weight excluding hydrogens is 496 g/mol. The van der Waals surface area contributed by atoms with Gasteiger partial charge in [0.2, 0.25) is 0 Å². The van der Waals surface area contributed by atoms with Gasteiger partial charge in [-0.2, -0.15) is 0 Å². The van der Waals surface area contributed by atoms with Crippen LogP contribution in [0.3, 0.4) is 0 Å². The molecule has 6 heteroatoms. The van der Waals surface area contributed by atoms with Crippen LogP contribution >= 0.6 is 41.3 Å². The number of rotatable bonds is 8. The molecule has 0 aromatic heterocycles. The summed E-state index contributed by atoms with van der Waals surface area (Å²) in [6.45, 7) is 19.5. The summed E-state index contributed by atoms with van der Waals surface area (Å²) in [5.74, 6) is 0. The Morgan fingerprint density at radius 2 is 1.00 bits per heavy atom. The van der Waals surface area contributed by atoms with Gasteiger partial charge in [-0.25, -0.2) is 0 Å². The standard InChI is InChI=1S/2C6H15P2.ClH.Ir/c2*1-7(2)5-6-8(3)4;;/h2*5H,6H2,1-4H3;1H;/q;;;+1/p-1. The molecule has 0 heterocycles. The van der Waals surface area contributed by atoms with Gasteiger partial charge < -0.3 is 0 Å². The van der Waals surface area contributed by atoms with Crippen LogP contribution in [0, 0.1) is 0 Å². The van der Waals surface area contributed by atoms with Gasteiger partial charge in [-0.3, -0.25) is 0 Å². The van der Waals surface area contributed by atoms with Crippen LogP contribution < -0.4 is 0 Å². The van der Waals surface area contributed by atoms with Crippen molar-refractivity contribution < 1.29 is 15.5 Å². The summed E-state index contributed by atoms with van der Waals surface area (Å²) in [6.07, 6.45) is 2.88. The second kappa shape index (κ2) is 10.4. The molecule has 0 saturated carbocycles. The molecule has 0 nitrogen and oxygen atoms in total. The molecule has 0 N–H and O–H groups in total. The van der Waals surface area contributed by atoms with Gasteiger partial charge >= 0.3 is 131 Å². The first-order valence-electron chi connectivity index (χ1n) is 6.05. The first-order valence-corrected chi connectivity index (χ1v) is 21.2. The molecule has 2 atom stereocenters. The van der Waals surface area contributed by atoms with Crippen LogP contribution in [0.25, 0.3) is 0 Å². The molecule has 18 heavy (non-hydrogen) atoms. The van der Waals surface area contributed by atoms with Crippen LogP contribution in [0.1, 0.15) is 0 Å². The predicted octanol–water partition coefficient (Wildman–Crippen LogP) is 5.38. The van der Waals surface area contributed by atoms with Crippen LogP contribution in [-0.4, -0.2) is 74.0 Å². The second-order valence-electron chi connectivity index (χ2n) is 5.52. The van der Waals surface area contributed by atoms with Crippen LogP contribution in [0.4, 0.5) is 0 Å². The van der Waals surface area contributed by atoms with Crippen molar-refractivity contribution in [1.29, 1.82) is 0 Å². The summed E-state index contributed by atoms with van der Waals surface area (Å²) >= 11 is -1.40. The zero-order valence-corrected chi connectivity index (χ0v) is 19.8. The van der Waals surface area contributed by atoms with E-state index in [1.807, 2.05) is 0 Å². The van der Waals surface area contributed by atoms with E-state index in [1.54, 1.807) is 0 Å². The Balaban J connectivity index is 4.82. The molecule has 0 aromatic carbocycles. The van der Waals surface area contributed by atoms with E-state index in [2.05, 4.69) is 53.3 Å². The quantitative estimate of drug-likeness (QED) is 0.374. The molecule has 0 aliphatic carbocycles. The molecule has 0 aliphatic heterocycles. The van der Waals surface area contributed by atoms with E-state index >= 15 is 0 Å². The summed E-state index contributed by atoms with van der Waals surface area (Å²) in [5, 5.41) is 0. The molecule has 0 saturated heterocycles. The molecule has 0 aromatic rings. The third kappa shape index (κ3) is 8.19. The number of hydrogen-bond acceptors (Lipinski definition) is 0. The van der Waals surface area contributed by atoms with E-state index in [1.165, 1.54) is 12.3 Å². The van der Waals surface area contributed by atoms with Gasteiger partial charge in [-0.15, -0.1) is 0 Å². The van der Waals surface area contributed by atoms with E-state index in [0.717, 1.165) is 8.35 Å². The van der Waals surface area contributed by atoms with E-state index < -0.39 is 15.5 Å². The Bertz CT molecular complexity index is 202. The van der Waals surface area contributed by atoms with Gasteiger partial charge in [-0.05, 0) is 0 Å². The van der Waals surface area contributed by atoms with Gasteiger partial charge in [0.1, 0.15) is 0 Å². The Labute approximate surface area is 130 Å². The van der Waals surface area contributed by atoms with E-state index in [4.69, 9.17) is 9.58 Å². The van der Waals surface area contributed by atoms with Gasteiger partial charge in [0.15, 0.2) is 0 Å². The molecule has 0 spiro atoms. The fourth-order valence-corrected chi connectivity index (χ4v) is 35.3. The SMILES string of the molecule is CP(C)C[CH](P(C)C)[Ir]([Cl])[CH](CP(C)C)P(C)C. The van der Waals surface area contributed by atoms with Crippen molar-refractivity contribution in [2.24, 2.45) is 0 Å². The summed E-state index contributed by atoms with van der Waals surface area (Å²) in [4.78, 5) is 0. The Kier molecular flexibility index (Phi) is 11.9. The van der Waals surface area contributed by atoms with Gasteiger partial charge in [0.25, 0.3) is 0 Å². The third-order valence-corrected chi connectivity index (χ3v) is 28.3. The van der Waals surface area contributed by atoms with E-state index in [-0.39, 0.29) is 31.7 Å². The molecule has 2 unspecified atom stereocenters. The number of hydrogen-bond donors (Lipinski definition) is 0. The van der Waals surface area contributed by atoms with Crippen molar-refractivity contribution in [3.63, 3.8) is 0 Å². The molecule has 0 radical (unpaired) electrons. The Morgan fingerprint density at radius 1 is 0.722 bits per heavy atom. The zero-order chi connectivity index (χ0) is 14.5. The zero-order valence-electron chi connectivity index (χ0n) is 13.1. The monoisotopic (exact) mass is 526 g/mol. The van der Waals surface area contributed by atoms with E-state index in [0.29, 0.717) is 0 Å². The Morgan fingerprint density at radius 3 is 1.17 bits per heavy atom. The van der Waals surface area contributed by atoms with Crippen molar-refractivity contribution in [3.05, 3.63) is 0 Å². The van der Waals surface area contributed by atoms with Gasteiger partial charge in [-0.1, -0.05) is 0 Å². The minimum absolute atomic E-state index is 0.158. The molecule has 0 amide bonds. The first-order chi connectivity index (χ1) is 8.16. The van der Waals surface area contributed by atoms with Gasteiger partial charge in [0, 0.05) is 0 Å². The van der Waals surface area contributed by atoms with Crippen molar-refractivity contribution in [2.75, 3.05) is 65.6 Å². The molecule has 0 bridgehead atoms. The summed E-state index contributed by atoms with van der Waals surface area (Å²) in [7, 11) is 7.86. The normalized spacial score (nSPS) is 16.8. The third-order valence-electron chi connectivity index (χ3n) is 2.51.